The first-order valence-electron chi connectivity index (χ1n) is 5.04. The molecule has 76 valence electrons. The quantitative estimate of drug-likeness (QED) is 0.682. The Hall–Kier alpha value is -1.31. The van der Waals surface area contributed by atoms with E-state index in [1.54, 1.807) is 0 Å². The van der Waals surface area contributed by atoms with Gasteiger partial charge in [0.05, 0.1) is 6.61 Å². The third kappa shape index (κ3) is 2.87. The molecule has 0 fully saturated rings. The Bertz CT molecular complexity index is 301. The van der Waals surface area contributed by atoms with Crippen molar-refractivity contribution in [2.24, 2.45) is 0 Å². The van der Waals surface area contributed by atoms with Gasteiger partial charge in [-0.2, -0.15) is 0 Å². The number of aryl methyl sites for hydroxylation is 1. The molecule has 0 spiro atoms. The molecule has 0 saturated carbocycles. The van der Waals surface area contributed by atoms with Crippen molar-refractivity contribution in [3.05, 3.63) is 35.7 Å². The summed E-state index contributed by atoms with van der Waals surface area (Å²) in [6.07, 6.45) is 4.91. The van der Waals surface area contributed by atoms with Gasteiger partial charge >= 0.3 is 0 Å². The molecule has 0 radical (unpaired) electrons. The molecule has 0 amide bonds. The Morgan fingerprint density at radius 1 is 1.43 bits per heavy atom. The summed E-state index contributed by atoms with van der Waals surface area (Å²) in [5.74, 6) is 0.933. The van der Waals surface area contributed by atoms with Gasteiger partial charge in [-0.25, -0.2) is 0 Å². The van der Waals surface area contributed by atoms with Crippen molar-refractivity contribution < 1.29 is 4.74 Å². The lowest BCUT2D eigenvalue weighted by Gasteiger charge is -2.08. The van der Waals surface area contributed by atoms with Crippen LogP contribution in [-0.4, -0.2) is 11.6 Å². The van der Waals surface area contributed by atoms with E-state index in [-0.39, 0.29) is 0 Å². The fraction of sp³-hybridized carbons (Fsp3) is 0.417. The first-order chi connectivity index (χ1) is 6.77. The molecule has 0 unspecified atom stereocenters. The second-order valence-electron chi connectivity index (χ2n) is 3.10. The van der Waals surface area contributed by atoms with Crippen LogP contribution in [0.1, 0.15) is 31.5 Å². The Balaban J connectivity index is 2.88. The predicted molar refractivity (Wildman–Crippen MR) is 58.9 cm³/mol. The average molecular weight is 191 g/mol. The molecule has 0 aromatic carbocycles. The molecule has 1 aromatic heterocycles. The Morgan fingerprint density at radius 3 is 2.71 bits per heavy atom. The molecule has 0 aliphatic heterocycles. The highest BCUT2D eigenvalue weighted by molar-refractivity contribution is 5.58. The predicted octanol–water partition coefficient (Wildman–Crippen LogP) is 3.18. The summed E-state index contributed by atoms with van der Waals surface area (Å²) in [6.45, 7) is 6.76. The summed E-state index contributed by atoms with van der Waals surface area (Å²) < 4.78 is 5.53. The SMILES string of the molecule is CC/C=C(/OCC)c1ccc(C)nc1. The molecule has 1 aromatic rings. The van der Waals surface area contributed by atoms with E-state index in [0.29, 0.717) is 6.61 Å². The standard InChI is InChI=1S/C12H17NO/c1-4-6-12(14-5-2)11-8-7-10(3)13-9-11/h6-9H,4-5H2,1-3H3/b12-6+. The molecule has 2 nitrogen and oxygen atoms in total. The third-order valence-electron chi connectivity index (χ3n) is 1.89. The lowest BCUT2D eigenvalue weighted by Crippen LogP contribution is -1.93. The van der Waals surface area contributed by atoms with Crippen LogP contribution in [0.15, 0.2) is 24.4 Å². The van der Waals surface area contributed by atoms with Crippen molar-refractivity contribution >= 4 is 5.76 Å². The van der Waals surface area contributed by atoms with Crippen LogP contribution in [0.25, 0.3) is 5.76 Å². The van der Waals surface area contributed by atoms with Gasteiger partial charge in [0.1, 0.15) is 5.76 Å². The van der Waals surface area contributed by atoms with Crippen molar-refractivity contribution in [2.45, 2.75) is 27.2 Å². The largest absolute Gasteiger partial charge is 0.494 e. The Kier molecular flexibility index (Phi) is 4.17. The Morgan fingerprint density at radius 2 is 2.21 bits per heavy atom. The maximum absolute atomic E-state index is 5.53. The highest BCUT2D eigenvalue weighted by atomic mass is 16.5. The molecule has 0 aliphatic rings. The van der Waals surface area contributed by atoms with Crippen molar-refractivity contribution in [3.8, 4) is 0 Å². The first kappa shape index (κ1) is 10.8. The van der Waals surface area contributed by atoms with Gasteiger partial charge in [-0.1, -0.05) is 6.92 Å². The topological polar surface area (TPSA) is 22.1 Å². The average Bonchev–Trinajstić information content (AvgIpc) is 2.19. The Labute approximate surface area is 85.6 Å². The summed E-state index contributed by atoms with van der Waals surface area (Å²) in [5.41, 5.74) is 2.08. The smallest absolute Gasteiger partial charge is 0.124 e. The fourth-order valence-corrected chi connectivity index (χ4v) is 1.21. The van der Waals surface area contributed by atoms with Crippen LogP contribution in [0.3, 0.4) is 0 Å². The molecule has 1 rings (SSSR count). The molecule has 2 heteroatoms. The van der Waals surface area contributed by atoms with Crippen molar-refractivity contribution in [1.82, 2.24) is 4.98 Å². The van der Waals surface area contributed by atoms with Gasteiger partial charge in [0.25, 0.3) is 0 Å². The van der Waals surface area contributed by atoms with Gasteiger partial charge in [0.15, 0.2) is 0 Å². The highest BCUT2D eigenvalue weighted by Crippen LogP contribution is 2.15. The number of ether oxygens (including phenoxy) is 1. The highest BCUT2D eigenvalue weighted by Gasteiger charge is 2.00. The molecular formula is C12H17NO. The van der Waals surface area contributed by atoms with Crippen molar-refractivity contribution in [2.75, 3.05) is 6.61 Å². The molecule has 0 saturated heterocycles. The van der Waals surface area contributed by atoms with Gasteiger partial charge in [-0.3, -0.25) is 4.98 Å². The maximum Gasteiger partial charge on any atom is 0.124 e. The number of allylic oxidation sites excluding steroid dienone is 1. The van der Waals surface area contributed by atoms with Gasteiger partial charge in [0.2, 0.25) is 0 Å². The van der Waals surface area contributed by atoms with E-state index in [1.165, 1.54) is 0 Å². The number of pyridine rings is 1. The minimum atomic E-state index is 0.694. The van der Waals surface area contributed by atoms with Crippen LogP contribution in [0.2, 0.25) is 0 Å². The number of rotatable bonds is 4. The minimum absolute atomic E-state index is 0.694. The van der Waals surface area contributed by atoms with E-state index >= 15 is 0 Å². The number of nitrogens with zero attached hydrogens (tertiary/aromatic N) is 1. The van der Waals surface area contributed by atoms with E-state index in [0.717, 1.165) is 23.4 Å². The first-order valence-corrected chi connectivity index (χ1v) is 5.04. The monoisotopic (exact) mass is 191 g/mol. The second kappa shape index (κ2) is 5.43. The van der Waals surface area contributed by atoms with Gasteiger partial charge in [-0.15, -0.1) is 0 Å². The third-order valence-corrected chi connectivity index (χ3v) is 1.89. The zero-order valence-electron chi connectivity index (χ0n) is 9.08. The number of hydrogen-bond acceptors (Lipinski definition) is 2. The lowest BCUT2D eigenvalue weighted by molar-refractivity contribution is 0.297. The normalized spacial score (nSPS) is 11.5. The summed E-state index contributed by atoms with van der Waals surface area (Å²) in [4.78, 5) is 4.24. The molecule has 0 N–H and O–H groups in total. The summed E-state index contributed by atoms with van der Waals surface area (Å²) in [7, 11) is 0. The second-order valence-corrected chi connectivity index (χ2v) is 3.10. The minimum Gasteiger partial charge on any atom is -0.494 e. The van der Waals surface area contributed by atoms with Crippen LogP contribution < -0.4 is 0 Å². The molecular weight excluding hydrogens is 174 g/mol. The summed E-state index contributed by atoms with van der Waals surface area (Å²) in [6, 6.07) is 4.04. The van der Waals surface area contributed by atoms with Gasteiger partial charge < -0.3 is 4.74 Å². The van der Waals surface area contributed by atoms with Crippen LogP contribution in [0.4, 0.5) is 0 Å². The summed E-state index contributed by atoms with van der Waals surface area (Å²) >= 11 is 0. The van der Waals surface area contributed by atoms with Crippen LogP contribution in [0, 0.1) is 6.92 Å². The number of hydrogen-bond donors (Lipinski definition) is 0. The molecule has 14 heavy (non-hydrogen) atoms. The lowest BCUT2D eigenvalue weighted by atomic mass is 10.2. The summed E-state index contributed by atoms with van der Waals surface area (Å²) in [5, 5.41) is 0. The zero-order chi connectivity index (χ0) is 10.4. The van der Waals surface area contributed by atoms with Crippen molar-refractivity contribution in [3.63, 3.8) is 0 Å². The van der Waals surface area contributed by atoms with Crippen LogP contribution in [-0.2, 0) is 4.74 Å². The molecule has 0 bridgehead atoms. The maximum atomic E-state index is 5.53. The fourth-order valence-electron chi connectivity index (χ4n) is 1.21. The van der Waals surface area contributed by atoms with E-state index < -0.39 is 0 Å². The van der Waals surface area contributed by atoms with E-state index in [1.807, 2.05) is 32.2 Å². The van der Waals surface area contributed by atoms with E-state index in [2.05, 4.69) is 18.0 Å². The molecule has 0 aliphatic carbocycles. The molecule has 0 atom stereocenters. The molecule has 1 heterocycles. The number of aromatic nitrogens is 1. The van der Waals surface area contributed by atoms with E-state index in [9.17, 15) is 0 Å². The van der Waals surface area contributed by atoms with Crippen LogP contribution in [0.5, 0.6) is 0 Å². The zero-order valence-corrected chi connectivity index (χ0v) is 9.08. The van der Waals surface area contributed by atoms with Gasteiger partial charge in [-0.05, 0) is 38.5 Å². The van der Waals surface area contributed by atoms with Gasteiger partial charge in [0, 0.05) is 17.5 Å². The van der Waals surface area contributed by atoms with Crippen LogP contribution >= 0.6 is 0 Å². The van der Waals surface area contributed by atoms with E-state index in [4.69, 9.17) is 4.74 Å². The van der Waals surface area contributed by atoms with Crippen molar-refractivity contribution in [1.29, 1.82) is 0 Å².